The number of halogens is 4. The Bertz CT molecular complexity index is 616. The van der Waals surface area contributed by atoms with Gasteiger partial charge in [-0.25, -0.2) is 4.39 Å². The van der Waals surface area contributed by atoms with Gasteiger partial charge in [0.05, 0.1) is 0 Å². The molecule has 1 aromatic carbocycles. The fraction of sp³-hybridized carbons (Fsp3) is 0.636. The number of benzene rings is 1. The van der Waals surface area contributed by atoms with Gasteiger partial charge in [0.15, 0.2) is 0 Å². The number of alkyl halides is 3. The summed E-state index contributed by atoms with van der Waals surface area (Å²) >= 11 is 0. The Balaban J connectivity index is 1.57. The highest BCUT2D eigenvalue weighted by Crippen LogP contribution is 2.44. The van der Waals surface area contributed by atoms with Gasteiger partial charge in [-0.15, -0.1) is 0 Å². The van der Waals surface area contributed by atoms with Crippen LogP contribution in [0.5, 0.6) is 0 Å². The third-order valence-electron chi connectivity index (χ3n) is 6.45. The molecule has 0 saturated heterocycles. The number of rotatable bonds is 3. The zero-order valence-corrected chi connectivity index (χ0v) is 15.4. The van der Waals surface area contributed by atoms with Gasteiger partial charge in [0.1, 0.15) is 5.82 Å². The van der Waals surface area contributed by atoms with Crippen molar-refractivity contribution in [3.8, 4) is 0 Å². The first-order valence-corrected chi connectivity index (χ1v) is 9.87. The molecule has 2 aliphatic carbocycles. The van der Waals surface area contributed by atoms with Crippen LogP contribution in [0.25, 0.3) is 6.08 Å². The lowest BCUT2D eigenvalue weighted by Gasteiger charge is -2.37. The van der Waals surface area contributed by atoms with Crippen LogP contribution in [0.2, 0.25) is 0 Å². The van der Waals surface area contributed by atoms with Crippen molar-refractivity contribution in [3.63, 3.8) is 0 Å². The predicted molar refractivity (Wildman–Crippen MR) is 97.3 cm³/mol. The fourth-order valence-electron chi connectivity index (χ4n) is 4.80. The Hall–Kier alpha value is -1.32. The summed E-state index contributed by atoms with van der Waals surface area (Å²) in [6, 6.07) is 4.71. The molecule has 0 bridgehead atoms. The maximum atomic E-state index is 14.2. The predicted octanol–water partition coefficient (Wildman–Crippen LogP) is 7.50. The van der Waals surface area contributed by atoms with Gasteiger partial charge in [-0.05, 0) is 79.9 Å². The molecule has 0 heterocycles. The molecule has 26 heavy (non-hydrogen) atoms. The van der Waals surface area contributed by atoms with Crippen molar-refractivity contribution in [1.82, 2.24) is 0 Å². The van der Waals surface area contributed by atoms with E-state index < -0.39 is 12.0 Å². The van der Waals surface area contributed by atoms with Crippen molar-refractivity contribution in [2.24, 2.45) is 17.8 Å². The second-order valence-corrected chi connectivity index (χ2v) is 8.29. The van der Waals surface area contributed by atoms with Crippen LogP contribution >= 0.6 is 0 Å². The number of hydrogen-bond donors (Lipinski definition) is 0. The van der Waals surface area contributed by atoms with Gasteiger partial charge in [0, 0.05) is 11.6 Å². The SMILES string of the molecule is CC1CCC(C2CCC(c3ccc(C=CC(F)(F)F)c(F)c3)CC2)CC1. The Kier molecular flexibility index (Phi) is 6.09. The van der Waals surface area contributed by atoms with E-state index in [1.165, 1.54) is 50.7 Å². The van der Waals surface area contributed by atoms with Gasteiger partial charge < -0.3 is 0 Å². The van der Waals surface area contributed by atoms with Crippen molar-refractivity contribution in [2.45, 2.75) is 70.4 Å². The van der Waals surface area contributed by atoms with Crippen LogP contribution in [0.4, 0.5) is 17.6 Å². The Morgan fingerprint density at radius 2 is 1.46 bits per heavy atom. The molecular weight excluding hydrogens is 340 g/mol. The van der Waals surface area contributed by atoms with Crippen molar-refractivity contribution < 1.29 is 17.6 Å². The van der Waals surface area contributed by atoms with E-state index in [2.05, 4.69) is 6.92 Å². The van der Waals surface area contributed by atoms with Crippen LogP contribution in [0.3, 0.4) is 0 Å². The summed E-state index contributed by atoms with van der Waals surface area (Å²) in [5.74, 6) is 2.31. The van der Waals surface area contributed by atoms with E-state index in [0.717, 1.165) is 42.2 Å². The van der Waals surface area contributed by atoms with E-state index in [4.69, 9.17) is 0 Å². The first kappa shape index (κ1) is 19.4. The Morgan fingerprint density at radius 3 is 2.00 bits per heavy atom. The average molecular weight is 368 g/mol. The van der Waals surface area contributed by atoms with E-state index in [-0.39, 0.29) is 11.6 Å². The molecule has 144 valence electrons. The van der Waals surface area contributed by atoms with Gasteiger partial charge in [-0.1, -0.05) is 31.9 Å². The minimum absolute atomic E-state index is 0.00362. The molecular formula is C22H28F4. The highest BCUT2D eigenvalue weighted by atomic mass is 19.4. The molecule has 0 atom stereocenters. The minimum atomic E-state index is -4.42. The third-order valence-corrected chi connectivity index (χ3v) is 6.45. The fourth-order valence-corrected chi connectivity index (χ4v) is 4.80. The highest BCUT2D eigenvalue weighted by Gasteiger charge is 2.30. The van der Waals surface area contributed by atoms with Crippen LogP contribution in [0.15, 0.2) is 24.3 Å². The summed E-state index contributed by atoms with van der Waals surface area (Å²) in [6.45, 7) is 2.34. The van der Waals surface area contributed by atoms with Crippen molar-refractivity contribution >= 4 is 6.08 Å². The molecule has 0 N–H and O–H groups in total. The van der Waals surface area contributed by atoms with Crippen molar-refractivity contribution in [2.75, 3.05) is 0 Å². The van der Waals surface area contributed by atoms with Gasteiger partial charge >= 0.3 is 6.18 Å². The summed E-state index contributed by atoms with van der Waals surface area (Å²) in [5, 5.41) is 0. The molecule has 0 radical (unpaired) electrons. The first-order chi connectivity index (χ1) is 12.3. The van der Waals surface area contributed by atoms with Crippen LogP contribution in [-0.2, 0) is 0 Å². The maximum absolute atomic E-state index is 14.2. The lowest BCUT2D eigenvalue weighted by Crippen LogP contribution is -2.24. The molecule has 2 fully saturated rings. The standard InChI is InChI=1S/C22H28F4/c1-15-2-4-16(5-3-15)17-6-8-18(9-7-17)20-11-10-19(21(23)14-20)12-13-22(24,25)26/h10-18H,2-9H2,1H3. The average Bonchev–Trinajstić information content (AvgIpc) is 2.61. The quantitative estimate of drug-likeness (QED) is 0.485. The largest absolute Gasteiger partial charge is 0.409 e. The van der Waals surface area contributed by atoms with Crippen LogP contribution < -0.4 is 0 Å². The highest BCUT2D eigenvalue weighted by molar-refractivity contribution is 5.51. The van der Waals surface area contributed by atoms with E-state index in [1.54, 1.807) is 6.07 Å². The van der Waals surface area contributed by atoms with Crippen LogP contribution in [0.1, 0.15) is 75.3 Å². The summed E-state index contributed by atoms with van der Waals surface area (Å²) in [6.07, 6.45) is 6.40. The molecule has 0 aliphatic heterocycles. The lowest BCUT2D eigenvalue weighted by molar-refractivity contribution is -0.0790. The molecule has 0 amide bonds. The zero-order chi connectivity index (χ0) is 18.7. The smallest absolute Gasteiger partial charge is 0.206 e. The third kappa shape index (κ3) is 5.11. The Labute approximate surface area is 153 Å². The van der Waals surface area contributed by atoms with E-state index >= 15 is 0 Å². The zero-order valence-electron chi connectivity index (χ0n) is 15.4. The first-order valence-electron chi connectivity index (χ1n) is 9.87. The number of hydrogen-bond acceptors (Lipinski definition) is 0. The molecule has 0 aromatic heterocycles. The number of allylic oxidation sites excluding steroid dienone is 1. The van der Waals surface area contributed by atoms with E-state index in [1.807, 2.05) is 0 Å². The van der Waals surface area contributed by atoms with Crippen LogP contribution in [0, 0.1) is 23.6 Å². The summed E-state index contributed by atoms with van der Waals surface area (Å²) < 4.78 is 50.9. The van der Waals surface area contributed by atoms with Crippen molar-refractivity contribution in [3.05, 3.63) is 41.2 Å². The molecule has 1 aromatic rings. The second-order valence-electron chi connectivity index (χ2n) is 8.29. The van der Waals surface area contributed by atoms with Gasteiger partial charge in [0.2, 0.25) is 0 Å². The topological polar surface area (TPSA) is 0 Å². The van der Waals surface area contributed by atoms with Gasteiger partial charge in [-0.2, -0.15) is 13.2 Å². The normalized spacial score (nSPS) is 30.7. The van der Waals surface area contributed by atoms with E-state index in [0.29, 0.717) is 5.92 Å². The monoisotopic (exact) mass is 368 g/mol. The minimum Gasteiger partial charge on any atom is -0.206 e. The summed E-state index contributed by atoms with van der Waals surface area (Å²) in [7, 11) is 0. The summed E-state index contributed by atoms with van der Waals surface area (Å²) in [5.41, 5.74) is 0.929. The molecule has 2 aliphatic rings. The Morgan fingerprint density at radius 1 is 0.885 bits per heavy atom. The lowest BCUT2D eigenvalue weighted by atomic mass is 9.68. The molecule has 4 heteroatoms. The second kappa shape index (κ2) is 8.14. The molecule has 2 saturated carbocycles. The molecule has 3 rings (SSSR count). The summed E-state index contributed by atoms with van der Waals surface area (Å²) in [4.78, 5) is 0. The maximum Gasteiger partial charge on any atom is 0.409 e. The molecule has 0 spiro atoms. The molecule has 0 nitrogen and oxygen atoms in total. The van der Waals surface area contributed by atoms with E-state index in [9.17, 15) is 17.6 Å². The van der Waals surface area contributed by atoms with Gasteiger partial charge in [0.25, 0.3) is 0 Å². The van der Waals surface area contributed by atoms with Crippen molar-refractivity contribution in [1.29, 1.82) is 0 Å². The molecule has 0 unspecified atom stereocenters. The van der Waals surface area contributed by atoms with Gasteiger partial charge in [-0.3, -0.25) is 0 Å². The van der Waals surface area contributed by atoms with Crippen LogP contribution in [-0.4, -0.2) is 6.18 Å².